The van der Waals surface area contributed by atoms with Crippen LogP contribution in [0, 0.1) is 5.92 Å². The van der Waals surface area contributed by atoms with Gasteiger partial charge in [-0.25, -0.2) is 0 Å². The minimum absolute atomic E-state index is 0.0548. The van der Waals surface area contributed by atoms with Crippen molar-refractivity contribution in [3.8, 4) is 0 Å². The van der Waals surface area contributed by atoms with Gasteiger partial charge in [-0.1, -0.05) is 26.0 Å². The number of hydrogen-bond donors (Lipinski definition) is 2. The summed E-state index contributed by atoms with van der Waals surface area (Å²) in [6.45, 7) is 4.73. The highest BCUT2D eigenvalue weighted by Gasteiger charge is 2.17. The highest BCUT2D eigenvalue weighted by molar-refractivity contribution is 5.99. The fourth-order valence-electron chi connectivity index (χ4n) is 2.57. The lowest BCUT2D eigenvalue weighted by atomic mass is 10.0. The summed E-state index contributed by atoms with van der Waals surface area (Å²) < 4.78 is 0. The number of hydrogen-bond acceptors (Lipinski definition) is 2. The quantitative estimate of drug-likeness (QED) is 0.836. The van der Waals surface area contributed by atoms with Crippen molar-refractivity contribution in [3.63, 3.8) is 0 Å². The monoisotopic (exact) mass is 274 g/mol. The maximum atomic E-state index is 11.9. The first kappa shape index (κ1) is 14.6. The molecule has 0 fully saturated rings. The summed E-state index contributed by atoms with van der Waals surface area (Å²) in [5, 5.41) is 5.81. The Balaban J connectivity index is 1.85. The Labute approximate surface area is 119 Å². The number of rotatable bonds is 6. The van der Waals surface area contributed by atoms with Gasteiger partial charge in [-0.2, -0.15) is 0 Å². The minimum Gasteiger partial charge on any atom is -0.356 e. The van der Waals surface area contributed by atoms with Crippen LogP contribution in [0.4, 0.5) is 5.69 Å². The van der Waals surface area contributed by atoms with Crippen molar-refractivity contribution >= 4 is 17.5 Å². The summed E-state index contributed by atoms with van der Waals surface area (Å²) in [4.78, 5) is 23.1. The maximum absolute atomic E-state index is 11.9. The third-order valence-electron chi connectivity index (χ3n) is 3.86. The Hall–Kier alpha value is -1.84. The Morgan fingerprint density at radius 1 is 1.35 bits per heavy atom. The summed E-state index contributed by atoms with van der Waals surface area (Å²) in [5.41, 5.74) is 3.13. The van der Waals surface area contributed by atoms with E-state index in [1.807, 2.05) is 26.0 Å². The highest BCUT2D eigenvalue weighted by atomic mass is 16.2. The van der Waals surface area contributed by atoms with Crippen LogP contribution in [0.3, 0.4) is 0 Å². The lowest BCUT2D eigenvalue weighted by Gasteiger charge is -2.12. The molecule has 1 aromatic carbocycles. The molecule has 0 atom stereocenters. The topological polar surface area (TPSA) is 58.2 Å². The summed E-state index contributed by atoms with van der Waals surface area (Å²) in [6, 6.07) is 6.00. The molecule has 4 nitrogen and oxygen atoms in total. The van der Waals surface area contributed by atoms with Gasteiger partial charge in [0.2, 0.25) is 11.8 Å². The third-order valence-corrected chi connectivity index (χ3v) is 3.86. The fourth-order valence-corrected chi connectivity index (χ4v) is 2.57. The molecular formula is C16H22N2O2. The lowest BCUT2D eigenvalue weighted by Crippen LogP contribution is -2.31. The number of fused-ring (bicyclic) bond motifs is 1. The molecule has 0 saturated carbocycles. The normalized spacial score (nSPS) is 13.2. The largest absolute Gasteiger partial charge is 0.356 e. The van der Waals surface area contributed by atoms with Crippen LogP contribution in [0.5, 0.6) is 0 Å². The molecule has 0 saturated heterocycles. The van der Waals surface area contributed by atoms with Gasteiger partial charge in [-0.3, -0.25) is 9.59 Å². The zero-order valence-electron chi connectivity index (χ0n) is 12.2. The van der Waals surface area contributed by atoms with Gasteiger partial charge in [0.05, 0.1) is 6.42 Å². The average Bonchev–Trinajstić information content (AvgIpc) is 2.79. The van der Waals surface area contributed by atoms with E-state index in [2.05, 4.69) is 16.7 Å². The van der Waals surface area contributed by atoms with Gasteiger partial charge < -0.3 is 10.6 Å². The van der Waals surface area contributed by atoms with Crippen molar-refractivity contribution in [1.82, 2.24) is 5.32 Å². The first-order valence-electron chi connectivity index (χ1n) is 7.33. The second kappa shape index (κ2) is 6.55. The van der Waals surface area contributed by atoms with Crippen molar-refractivity contribution in [3.05, 3.63) is 29.3 Å². The predicted molar refractivity (Wildman–Crippen MR) is 79.6 cm³/mol. The van der Waals surface area contributed by atoms with Gasteiger partial charge in [0.1, 0.15) is 0 Å². The smallest absolute Gasteiger partial charge is 0.228 e. The molecule has 0 radical (unpaired) electrons. The molecule has 108 valence electrons. The number of benzene rings is 1. The van der Waals surface area contributed by atoms with Crippen LogP contribution >= 0.6 is 0 Å². The van der Waals surface area contributed by atoms with Crippen molar-refractivity contribution in [2.75, 3.05) is 11.9 Å². The molecule has 0 aromatic heterocycles. The number of carbonyl (C=O) groups excluding carboxylic acids is 2. The van der Waals surface area contributed by atoms with E-state index in [4.69, 9.17) is 0 Å². The van der Waals surface area contributed by atoms with Crippen LogP contribution in [0.2, 0.25) is 0 Å². The Morgan fingerprint density at radius 2 is 2.10 bits per heavy atom. The van der Waals surface area contributed by atoms with Crippen molar-refractivity contribution < 1.29 is 9.59 Å². The van der Waals surface area contributed by atoms with E-state index >= 15 is 0 Å². The Kier molecular flexibility index (Phi) is 4.77. The molecule has 1 aromatic rings. The first-order valence-corrected chi connectivity index (χ1v) is 7.33. The van der Waals surface area contributed by atoms with Crippen molar-refractivity contribution in [1.29, 1.82) is 0 Å². The van der Waals surface area contributed by atoms with Crippen LogP contribution in [-0.2, 0) is 22.4 Å². The van der Waals surface area contributed by atoms with Gasteiger partial charge in [0.25, 0.3) is 0 Å². The van der Waals surface area contributed by atoms with Gasteiger partial charge in [0, 0.05) is 18.2 Å². The average molecular weight is 274 g/mol. The first-order chi connectivity index (χ1) is 9.63. The molecule has 2 N–H and O–H groups in total. The van der Waals surface area contributed by atoms with E-state index < -0.39 is 0 Å². The van der Waals surface area contributed by atoms with Crippen LogP contribution in [0.25, 0.3) is 0 Å². The molecule has 1 aliphatic heterocycles. The van der Waals surface area contributed by atoms with E-state index in [-0.39, 0.29) is 17.7 Å². The predicted octanol–water partition coefficient (Wildman–Crippen LogP) is 2.28. The summed E-state index contributed by atoms with van der Waals surface area (Å²) in [6.07, 6.45) is 3.03. The fraction of sp³-hybridized carbons (Fsp3) is 0.500. The Bertz CT molecular complexity index is 507. The molecule has 0 bridgehead atoms. The Morgan fingerprint density at radius 3 is 2.80 bits per heavy atom. The van der Waals surface area contributed by atoms with E-state index in [1.165, 1.54) is 0 Å². The van der Waals surface area contributed by atoms with E-state index in [9.17, 15) is 9.59 Å². The molecule has 0 aliphatic carbocycles. The molecule has 4 heteroatoms. The summed E-state index contributed by atoms with van der Waals surface area (Å²) in [5.74, 6) is 0.323. The highest BCUT2D eigenvalue weighted by Crippen LogP contribution is 2.23. The summed E-state index contributed by atoms with van der Waals surface area (Å²) >= 11 is 0. The SMILES string of the molecule is CCC(CC)C(=O)NCCc1ccc2c(c1)CC(=O)N2. The van der Waals surface area contributed by atoms with Crippen LogP contribution in [0.15, 0.2) is 18.2 Å². The van der Waals surface area contributed by atoms with Gasteiger partial charge >= 0.3 is 0 Å². The number of carbonyl (C=O) groups is 2. The van der Waals surface area contributed by atoms with Crippen LogP contribution < -0.4 is 10.6 Å². The molecular weight excluding hydrogens is 252 g/mol. The van der Waals surface area contributed by atoms with E-state index in [1.54, 1.807) is 0 Å². The zero-order valence-corrected chi connectivity index (χ0v) is 12.2. The molecule has 1 heterocycles. The number of nitrogens with one attached hydrogen (secondary N) is 2. The standard InChI is InChI=1S/C16H22N2O2/c1-3-12(4-2)16(20)17-8-7-11-5-6-14-13(9-11)10-15(19)18-14/h5-6,9,12H,3-4,7-8,10H2,1-2H3,(H,17,20)(H,18,19). The minimum atomic E-state index is 0.0548. The molecule has 0 unspecified atom stereocenters. The summed E-state index contributed by atoms with van der Waals surface area (Å²) in [7, 11) is 0. The number of anilines is 1. The van der Waals surface area contributed by atoms with Crippen LogP contribution in [0.1, 0.15) is 37.8 Å². The van der Waals surface area contributed by atoms with Crippen molar-refractivity contribution in [2.45, 2.75) is 39.5 Å². The molecule has 0 spiro atoms. The van der Waals surface area contributed by atoms with E-state index in [0.29, 0.717) is 13.0 Å². The molecule has 2 rings (SSSR count). The van der Waals surface area contributed by atoms with Gasteiger partial charge in [-0.15, -0.1) is 0 Å². The number of amides is 2. The molecule has 2 amide bonds. The second-order valence-electron chi connectivity index (χ2n) is 5.27. The van der Waals surface area contributed by atoms with Crippen molar-refractivity contribution in [2.24, 2.45) is 5.92 Å². The lowest BCUT2D eigenvalue weighted by molar-refractivity contribution is -0.125. The van der Waals surface area contributed by atoms with Gasteiger partial charge in [0.15, 0.2) is 0 Å². The molecule has 1 aliphatic rings. The zero-order chi connectivity index (χ0) is 14.5. The van der Waals surface area contributed by atoms with Gasteiger partial charge in [-0.05, 0) is 36.5 Å². The molecule has 20 heavy (non-hydrogen) atoms. The second-order valence-corrected chi connectivity index (χ2v) is 5.27. The third kappa shape index (κ3) is 3.38. The van der Waals surface area contributed by atoms with Crippen LogP contribution in [-0.4, -0.2) is 18.4 Å². The van der Waals surface area contributed by atoms with E-state index in [0.717, 1.165) is 36.1 Å². The maximum Gasteiger partial charge on any atom is 0.228 e.